The zero-order chi connectivity index (χ0) is 7.84. The van der Waals surface area contributed by atoms with Crippen molar-refractivity contribution in [2.75, 3.05) is 5.73 Å². The van der Waals surface area contributed by atoms with Gasteiger partial charge in [-0.1, -0.05) is 11.6 Å². The smallest absolute Gasteiger partial charge is 0.0702 e. The number of H-pyrrole nitrogens is 1. The Kier molecular flexibility index (Phi) is 1.29. The molecule has 3 N–H and O–H groups in total. The van der Waals surface area contributed by atoms with Crippen LogP contribution in [0.2, 0.25) is 5.02 Å². The van der Waals surface area contributed by atoms with Gasteiger partial charge in [-0.2, -0.15) is 0 Å². The van der Waals surface area contributed by atoms with Crippen LogP contribution in [0.4, 0.5) is 5.69 Å². The van der Waals surface area contributed by atoms with Crippen molar-refractivity contribution in [3.63, 3.8) is 0 Å². The van der Waals surface area contributed by atoms with Crippen molar-refractivity contribution >= 4 is 28.2 Å². The molecule has 0 atom stereocenters. The quantitative estimate of drug-likeness (QED) is 0.580. The lowest BCUT2D eigenvalue weighted by Crippen LogP contribution is -1.85. The number of anilines is 1. The molecule has 0 bridgehead atoms. The summed E-state index contributed by atoms with van der Waals surface area (Å²) in [4.78, 5) is 3.02. The van der Waals surface area contributed by atoms with E-state index in [1.807, 2.05) is 12.3 Å². The molecule has 0 fully saturated rings. The molecule has 1 aromatic carbocycles. The van der Waals surface area contributed by atoms with Crippen LogP contribution in [0, 0.1) is 0 Å². The highest BCUT2D eigenvalue weighted by molar-refractivity contribution is 6.35. The summed E-state index contributed by atoms with van der Waals surface area (Å²) < 4.78 is 0. The standard InChI is InChI=1S/C8H7ClN2/c9-6-1-2-7(10)8-5(6)3-4-11-8/h1-4,11H,10H2. The Bertz CT molecular complexity index is 356. The third-order valence-corrected chi connectivity index (χ3v) is 2.03. The second-order valence-corrected chi connectivity index (χ2v) is 2.81. The molecule has 0 amide bonds. The first-order valence-electron chi connectivity index (χ1n) is 3.30. The van der Waals surface area contributed by atoms with E-state index in [4.69, 9.17) is 17.3 Å². The summed E-state index contributed by atoms with van der Waals surface area (Å²) in [6.45, 7) is 0. The second kappa shape index (κ2) is 2.17. The van der Waals surface area contributed by atoms with Crippen molar-refractivity contribution in [2.24, 2.45) is 0 Å². The Balaban J connectivity index is 2.96. The van der Waals surface area contributed by atoms with Gasteiger partial charge < -0.3 is 10.7 Å². The second-order valence-electron chi connectivity index (χ2n) is 2.40. The van der Waals surface area contributed by atoms with Crippen molar-refractivity contribution < 1.29 is 0 Å². The van der Waals surface area contributed by atoms with Gasteiger partial charge in [0.25, 0.3) is 0 Å². The Hall–Kier alpha value is -1.15. The highest BCUT2D eigenvalue weighted by Crippen LogP contribution is 2.26. The van der Waals surface area contributed by atoms with Crippen LogP contribution >= 0.6 is 11.6 Å². The van der Waals surface area contributed by atoms with Crippen molar-refractivity contribution in [3.05, 3.63) is 29.4 Å². The third kappa shape index (κ3) is 0.870. The largest absolute Gasteiger partial charge is 0.397 e. The minimum absolute atomic E-state index is 0.731. The van der Waals surface area contributed by atoms with Crippen molar-refractivity contribution in [2.45, 2.75) is 0 Å². The first-order chi connectivity index (χ1) is 5.29. The number of nitrogen functional groups attached to an aromatic ring is 1. The van der Waals surface area contributed by atoms with Gasteiger partial charge in [0.15, 0.2) is 0 Å². The molecule has 0 aliphatic rings. The van der Waals surface area contributed by atoms with Gasteiger partial charge in [0.2, 0.25) is 0 Å². The molecule has 0 radical (unpaired) electrons. The lowest BCUT2D eigenvalue weighted by Gasteiger charge is -1.96. The summed E-state index contributed by atoms with van der Waals surface area (Å²) in [6, 6.07) is 5.50. The van der Waals surface area contributed by atoms with E-state index in [2.05, 4.69) is 4.98 Å². The summed E-state index contributed by atoms with van der Waals surface area (Å²) in [7, 11) is 0. The van der Waals surface area contributed by atoms with E-state index < -0.39 is 0 Å². The molecule has 0 saturated carbocycles. The maximum Gasteiger partial charge on any atom is 0.0702 e. The lowest BCUT2D eigenvalue weighted by molar-refractivity contribution is 1.48. The molecule has 1 heterocycles. The molecule has 0 aliphatic carbocycles. The monoisotopic (exact) mass is 166 g/mol. The van der Waals surface area contributed by atoms with Crippen molar-refractivity contribution in [3.8, 4) is 0 Å². The number of halogens is 1. The molecular weight excluding hydrogens is 160 g/mol. The molecule has 56 valence electrons. The van der Waals surface area contributed by atoms with Gasteiger partial charge in [-0.25, -0.2) is 0 Å². The summed E-state index contributed by atoms with van der Waals surface area (Å²) in [5.41, 5.74) is 7.32. The van der Waals surface area contributed by atoms with Gasteiger partial charge in [-0.05, 0) is 18.2 Å². The Morgan fingerprint density at radius 2 is 2.09 bits per heavy atom. The number of benzene rings is 1. The number of fused-ring (bicyclic) bond motifs is 1. The first-order valence-corrected chi connectivity index (χ1v) is 3.68. The molecule has 2 nitrogen and oxygen atoms in total. The van der Waals surface area contributed by atoms with E-state index in [0.717, 1.165) is 21.6 Å². The molecule has 0 spiro atoms. The van der Waals surface area contributed by atoms with Crippen molar-refractivity contribution in [1.29, 1.82) is 0 Å². The van der Waals surface area contributed by atoms with E-state index >= 15 is 0 Å². The van der Waals surface area contributed by atoms with Gasteiger partial charge >= 0.3 is 0 Å². The fraction of sp³-hybridized carbons (Fsp3) is 0. The van der Waals surface area contributed by atoms with Crippen LogP contribution in [-0.4, -0.2) is 4.98 Å². The number of hydrogen-bond acceptors (Lipinski definition) is 1. The van der Waals surface area contributed by atoms with Gasteiger partial charge in [0.1, 0.15) is 0 Å². The number of nitrogens with two attached hydrogens (primary N) is 1. The molecule has 2 aromatic rings. The first kappa shape index (κ1) is 6.55. The summed E-state index contributed by atoms with van der Waals surface area (Å²) in [5, 5.41) is 1.71. The van der Waals surface area contributed by atoms with E-state index in [-0.39, 0.29) is 0 Å². The lowest BCUT2D eigenvalue weighted by atomic mass is 10.2. The molecule has 0 unspecified atom stereocenters. The maximum atomic E-state index is 5.89. The van der Waals surface area contributed by atoms with E-state index in [1.54, 1.807) is 12.1 Å². The molecule has 0 saturated heterocycles. The highest BCUT2D eigenvalue weighted by atomic mass is 35.5. The molecule has 0 aliphatic heterocycles. The molecule has 3 heteroatoms. The minimum atomic E-state index is 0.731. The number of rotatable bonds is 0. The van der Waals surface area contributed by atoms with E-state index in [0.29, 0.717) is 0 Å². The molecular formula is C8H7ClN2. The number of aromatic amines is 1. The molecule has 2 rings (SSSR count). The van der Waals surface area contributed by atoms with Gasteiger partial charge in [0.05, 0.1) is 16.2 Å². The van der Waals surface area contributed by atoms with Gasteiger partial charge in [-0.15, -0.1) is 0 Å². The fourth-order valence-electron chi connectivity index (χ4n) is 1.14. The van der Waals surface area contributed by atoms with Gasteiger partial charge in [-0.3, -0.25) is 0 Å². The Labute approximate surface area is 69.0 Å². The predicted octanol–water partition coefficient (Wildman–Crippen LogP) is 2.40. The summed E-state index contributed by atoms with van der Waals surface area (Å²) in [5.74, 6) is 0. The summed E-state index contributed by atoms with van der Waals surface area (Å²) >= 11 is 5.89. The predicted molar refractivity (Wildman–Crippen MR) is 47.7 cm³/mol. The number of nitrogens with one attached hydrogen (secondary N) is 1. The van der Waals surface area contributed by atoms with Crippen LogP contribution in [0.5, 0.6) is 0 Å². The fourth-order valence-corrected chi connectivity index (χ4v) is 1.36. The van der Waals surface area contributed by atoms with Crippen LogP contribution in [0.15, 0.2) is 24.4 Å². The topological polar surface area (TPSA) is 41.8 Å². The third-order valence-electron chi connectivity index (χ3n) is 1.70. The van der Waals surface area contributed by atoms with Gasteiger partial charge in [0, 0.05) is 11.6 Å². The van der Waals surface area contributed by atoms with E-state index in [9.17, 15) is 0 Å². The van der Waals surface area contributed by atoms with Crippen LogP contribution in [0.25, 0.3) is 10.9 Å². The SMILES string of the molecule is Nc1ccc(Cl)c2cc[nH]c12. The molecule has 11 heavy (non-hydrogen) atoms. The maximum absolute atomic E-state index is 5.89. The minimum Gasteiger partial charge on any atom is -0.397 e. The highest BCUT2D eigenvalue weighted by Gasteiger charge is 2.01. The van der Waals surface area contributed by atoms with Crippen LogP contribution in [0.3, 0.4) is 0 Å². The zero-order valence-corrected chi connectivity index (χ0v) is 6.52. The Morgan fingerprint density at radius 1 is 1.27 bits per heavy atom. The number of hydrogen-bond donors (Lipinski definition) is 2. The van der Waals surface area contributed by atoms with Crippen LogP contribution in [0.1, 0.15) is 0 Å². The average molecular weight is 167 g/mol. The average Bonchev–Trinajstić information content (AvgIpc) is 2.45. The Morgan fingerprint density at radius 3 is 2.82 bits per heavy atom. The normalized spacial score (nSPS) is 10.6. The van der Waals surface area contributed by atoms with Crippen molar-refractivity contribution in [1.82, 2.24) is 4.98 Å². The van der Waals surface area contributed by atoms with Crippen LogP contribution in [-0.2, 0) is 0 Å². The molecule has 1 aromatic heterocycles. The zero-order valence-electron chi connectivity index (χ0n) is 5.76. The van der Waals surface area contributed by atoms with E-state index in [1.165, 1.54) is 0 Å². The van der Waals surface area contributed by atoms with Crippen LogP contribution < -0.4 is 5.73 Å². The number of aromatic nitrogens is 1. The summed E-state index contributed by atoms with van der Waals surface area (Å²) in [6.07, 6.45) is 1.83.